The van der Waals surface area contributed by atoms with Crippen molar-refractivity contribution in [2.75, 3.05) is 26.2 Å². The largest absolute Gasteiger partial charge is 0.396 e. The molecular weight excluding hydrogens is 258 g/mol. The average Bonchev–Trinajstić information content (AvgIpc) is 2.88. The molecule has 0 unspecified atom stereocenters. The zero-order valence-corrected chi connectivity index (χ0v) is 12.1. The fourth-order valence-corrected chi connectivity index (χ4v) is 2.16. The molecule has 1 aromatic rings. The van der Waals surface area contributed by atoms with Gasteiger partial charge in [-0.1, -0.05) is 19.1 Å². The monoisotopic (exact) mass is 281 g/mol. The van der Waals surface area contributed by atoms with Crippen LogP contribution in [0.5, 0.6) is 0 Å². The van der Waals surface area contributed by atoms with Crippen LogP contribution in [0.15, 0.2) is 6.20 Å². The molecule has 7 nitrogen and oxygen atoms in total. The predicted octanol–water partition coefficient (Wildman–Crippen LogP) is -0.0491. The van der Waals surface area contributed by atoms with Gasteiger partial charge in [0.25, 0.3) is 5.91 Å². The van der Waals surface area contributed by atoms with E-state index in [-0.39, 0.29) is 17.9 Å². The molecule has 7 heteroatoms. The fourth-order valence-electron chi connectivity index (χ4n) is 2.16. The Bertz CT molecular complexity index is 443. The molecule has 1 aliphatic heterocycles. The molecule has 3 N–H and O–H groups in total. The molecule has 0 aliphatic carbocycles. The Kier molecular flexibility index (Phi) is 4.72. The number of nitrogens with zero attached hydrogens (tertiary/aromatic N) is 3. The van der Waals surface area contributed by atoms with Gasteiger partial charge < -0.3 is 15.7 Å². The Balaban J connectivity index is 1.92. The summed E-state index contributed by atoms with van der Waals surface area (Å²) in [6.45, 7) is 6.29. The van der Waals surface area contributed by atoms with E-state index in [1.165, 1.54) is 0 Å². The molecule has 0 spiro atoms. The summed E-state index contributed by atoms with van der Waals surface area (Å²) in [4.78, 5) is 12.1. The summed E-state index contributed by atoms with van der Waals surface area (Å²) in [5.41, 5.74) is 0.0831. The van der Waals surface area contributed by atoms with Gasteiger partial charge in [0, 0.05) is 25.0 Å². The van der Waals surface area contributed by atoms with Crippen LogP contribution in [0.3, 0.4) is 0 Å². The van der Waals surface area contributed by atoms with Gasteiger partial charge in [0.05, 0.1) is 18.8 Å². The number of aromatic nitrogens is 3. The Morgan fingerprint density at radius 1 is 1.55 bits per heavy atom. The van der Waals surface area contributed by atoms with Gasteiger partial charge >= 0.3 is 0 Å². The van der Waals surface area contributed by atoms with Gasteiger partial charge in [0.1, 0.15) is 0 Å². The van der Waals surface area contributed by atoms with Crippen LogP contribution in [-0.2, 0) is 0 Å². The van der Waals surface area contributed by atoms with Gasteiger partial charge in [-0.2, -0.15) is 0 Å². The topological polar surface area (TPSA) is 92.1 Å². The van der Waals surface area contributed by atoms with E-state index in [0.29, 0.717) is 18.3 Å². The van der Waals surface area contributed by atoms with Crippen LogP contribution in [0, 0.1) is 5.41 Å². The van der Waals surface area contributed by atoms with Gasteiger partial charge in [0.2, 0.25) is 0 Å². The van der Waals surface area contributed by atoms with Crippen LogP contribution in [0.25, 0.3) is 0 Å². The average molecular weight is 281 g/mol. The third kappa shape index (κ3) is 2.99. The maximum absolute atomic E-state index is 12.1. The van der Waals surface area contributed by atoms with Gasteiger partial charge in [-0.15, -0.1) is 5.10 Å². The van der Waals surface area contributed by atoms with Crippen molar-refractivity contribution < 1.29 is 9.90 Å². The Morgan fingerprint density at radius 3 is 2.75 bits per heavy atom. The number of aliphatic hydroxyl groups is 1. The van der Waals surface area contributed by atoms with E-state index in [4.69, 9.17) is 0 Å². The maximum Gasteiger partial charge on any atom is 0.273 e. The highest BCUT2D eigenvalue weighted by Crippen LogP contribution is 2.24. The smallest absolute Gasteiger partial charge is 0.273 e. The van der Waals surface area contributed by atoms with E-state index in [0.717, 1.165) is 25.9 Å². The summed E-state index contributed by atoms with van der Waals surface area (Å²) in [5, 5.41) is 23.4. The summed E-state index contributed by atoms with van der Waals surface area (Å²) in [6, 6.07) is 0.298. The maximum atomic E-state index is 12.1. The van der Waals surface area contributed by atoms with Crippen LogP contribution < -0.4 is 10.6 Å². The van der Waals surface area contributed by atoms with Gasteiger partial charge in [-0.05, 0) is 12.8 Å². The first-order chi connectivity index (χ1) is 9.64. The van der Waals surface area contributed by atoms with E-state index in [1.54, 1.807) is 10.9 Å². The van der Waals surface area contributed by atoms with E-state index in [9.17, 15) is 9.90 Å². The first-order valence-corrected chi connectivity index (χ1v) is 7.15. The van der Waals surface area contributed by atoms with E-state index < -0.39 is 0 Å². The molecule has 112 valence electrons. The van der Waals surface area contributed by atoms with E-state index in [1.807, 2.05) is 13.8 Å². The van der Waals surface area contributed by atoms with E-state index >= 15 is 0 Å². The van der Waals surface area contributed by atoms with Gasteiger partial charge in [-0.3, -0.25) is 4.79 Å². The number of hydrogen-bond donors (Lipinski definition) is 3. The number of hydrogen-bond acceptors (Lipinski definition) is 5. The highest BCUT2D eigenvalue weighted by molar-refractivity contribution is 5.91. The SMILES string of the molecule is CCC(CC)(CO)CNC(=O)c1cn(C2CNC2)nn1. The van der Waals surface area contributed by atoms with Gasteiger partial charge in [-0.25, -0.2) is 4.68 Å². The zero-order valence-electron chi connectivity index (χ0n) is 12.1. The van der Waals surface area contributed by atoms with Crippen LogP contribution in [0.4, 0.5) is 0 Å². The van der Waals surface area contributed by atoms with Crippen molar-refractivity contribution in [3.8, 4) is 0 Å². The first-order valence-electron chi connectivity index (χ1n) is 7.15. The van der Waals surface area contributed by atoms with Crippen LogP contribution in [0.2, 0.25) is 0 Å². The molecule has 1 aliphatic rings. The minimum atomic E-state index is -0.246. The van der Waals surface area contributed by atoms with Crippen molar-refractivity contribution in [3.05, 3.63) is 11.9 Å². The number of carbonyl (C=O) groups is 1. The number of nitrogens with one attached hydrogen (secondary N) is 2. The second kappa shape index (κ2) is 6.32. The number of aliphatic hydroxyl groups excluding tert-OH is 1. The van der Waals surface area contributed by atoms with Crippen LogP contribution >= 0.6 is 0 Å². The molecule has 2 heterocycles. The van der Waals surface area contributed by atoms with Crippen molar-refractivity contribution >= 4 is 5.91 Å². The summed E-state index contributed by atoms with van der Waals surface area (Å²) in [6.07, 6.45) is 3.32. The molecular formula is C13H23N5O2. The summed E-state index contributed by atoms with van der Waals surface area (Å²) in [5.74, 6) is -0.233. The highest BCUT2D eigenvalue weighted by atomic mass is 16.3. The van der Waals surface area contributed by atoms with Gasteiger partial charge in [0.15, 0.2) is 5.69 Å². The lowest BCUT2D eigenvalue weighted by molar-refractivity contribution is 0.0846. The molecule has 1 amide bonds. The standard InChI is InChI=1S/C13H23N5O2/c1-3-13(4-2,9-19)8-15-12(20)11-7-18(17-16-11)10-5-14-6-10/h7,10,14,19H,3-6,8-9H2,1-2H3,(H,15,20). The lowest BCUT2D eigenvalue weighted by Gasteiger charge is -2.29. The molecule has 0 bridgehead atoms. The van der Waals surface area contributed by atoms with Crippen molar-refractivity contribution in [2.24, 2.45) is 5.41 Å². The minimum Gasteiger partial charge on any atom is -0.396 e. The zero-order chi connectivity index (χ0) is 14.6. The number of carbonyl (C=O) groups excluding carboxylic acids is 1. The molecule has 0 saturated carbocycles. The normalized spacial score (nSPS) is 15.9. The number of rotatable bonds is 7. The second-order valence-corrected chi connectivity index (χ2v) is 5.44. The lowest BCUT2D eigenvalue weighted by atomic mass is 9.83. The lowest BCUT2D eigenvalue weighted by Crippen LogP contribution is -2.43. The Morgan fingerprint density at radius 2 is 2.25 bits per heavy atom. The van der Waals surface area contributed by atoms with E-state index in [2.05, 4.69) is 20.9 Å². The summed E-state index contributed by atoms with van der Waals surface area (Å²) < 4.78 is 1.73. The summed E-state index contributed by atoms with van der Waals surface area (Å²) >= 11 is 0. The molecule has 2 rings (SSSR count). The quantitative estimate of drug-likeness (QED) is 0.652. The first kappa shape index (κ1) is 14.9. The van der Waals surface area contributed by atoms with Crippen molar-refractivity contribution in [3.63, 3.8) is 0 Å². The van der Waals surface area contributed by atoms with Crippen molar-refractivity contribution in [1.82, 2.24) is 25.6 Å². The highest BCUT2D eigenvalue weighted by Gasteiger charge is 2.27. The predicted molar refractivity (Wildman–Crippen MR) is 74.4 cm³/mol. The molecule has 1 aromatic heterocycles. The van der Waals surface area contributed by atoms with Crippen LogP contribution in [0.1, 0.15) is 43.2 Å². The molecule has 1 fully saturated rings. The molecule has 0 aromatic carbocycles. The third-order valence-electron chi connectivity index (χ3n) is 4.34. The summed E-state index contributed by atoms with van der Waals surface area (Å²) in [7, 11) is 0. The van der Waals surface area contributed by atoms with Crippen molar-refractivity contribution in [2.45, 2.75) is 32.7 Å². The molecule has 20 heavy (non-hydrogen) atoms. The minimum absolute atomic E-state index is 0.0702. The second-order valence-electron chi connectivity index (χ2n) is 5.44. The van der Waals surface area contributed by atoms with Crippen LogP contribution in [-0.4, -0.2) is 52.2 Å². The Hall–Kier alpha value is -1.47. The third-order valence-corrected chi connectivity index (χ3v) is 4.34. The van der Waals surface area contributed by atoms with Crippen molar-refractivity contribution in [1.29, 1.82) is 0 Å². The molecule has 0 radical (unpaired) electrons. The number of amides is 1. The Labute approximate surface area is 118 Å². The fraction of sp³-hybridized carbons (Fsp3) is 0.769. The molecule has 1 saturated heterocycles. The molecule has 0 atom stereocenters.